The highest BCUT2D eigenvalue weighted by molar-refractivity contribution is 7.94. The monoisotopic (exact) mass is 387 g/mol. The molecule has 1 atom stereocenters. The van der Waals surface area contributed by atoms with Gasteiger partial charge in [0.05, 0.1) is 5.69 Å². The van der Waals surface area contributed by atoms with Gasteiger partial charge >= 0.3 is 0 Å². The van der Waals surface area contributed by atoms with Crippen LogP contribution >= 0.6 is 11.3 Å². The molecule has 1 aliphatic carbocycles. The van der Waals surface area contributed by atoms with E-state index < -0.39 is 10.0 Å². The zero-order valence-electron chi connectivity index (χ0n) is 14.1. The van der Waals surface area contributed by atoms with Crippen molar-refractivity contribution in [3.63, 3.8) is 0 Å². The third-order valence-electron chi connectivity index (χ3n) is 4.86. The number of rotatable bonds is 4. The lowest BCUT2D eigenvalue weighted by atomic mass is 10.1. The van der Waals surface area contributed by atoms with Gasteiger partial charge in [-0.05, 0) is 43.9 Å². The Labute approximate surface area is 155 Å². The van der Waals surface area contributed by atoms with Crippen LogP contribution in [0.4, 0.5) is 5.69 Å². The van der Waals surface area contributed by atoms with Crippen LogP contribution in [-0.4, -0.2) is 24.6 Å². The largest absolute Gasteiger partial charge is 0.339 e. The number of hydrogen-bond acceptors (Lipinski definition) is 6. The van der Waals surface area contributed by atoms with E-state index in [4.69, 9.17) is 4.52 Å². The van der Waals surface area contributed by atoms with Crippen LogP contribution in [0.2, 0.25) is 0 Å². The maximum atomic E-state index is 13.2. The van der Waals surface area contributed by atoms with Crippen molar-refractivity contribution in [2.75, 3.05) is 4.31 Å². The van der Waals surface area contributed by atoms with Crippen LogP contribution in [0.1, 0.15) is 37.1 Å². The summed E-state index contributed by atoms with van der Waals surface area (Å²) in [7, 11) is -3.62. The van der Waals surface area contributed by atoms with E-state index in [9.17, 15) is 8.42 Å². The molecule has 134 valence electrons. The van der Waals surface area contributed by atoms with Crippen molar-refractivity contribution in [3.05, 3.63) is 47.2 Å². The van der Waals surface area contributed by atoms with Crippen LogP contribution in [0.15, 0.2) is 44.4 Å². The van der Waals surface area contributed by atoms with E-state index in [0.29, 0.717) is 27.4 Å². The fraction of sp³-hybridized carbons (Fsp3) is 0.333. The molecule has 0 radical (unpaired) electrons. The Morgan fingerprint density at radius 3 is 2.88 bits per heavy atom. The molecule has 8 heteroatoms. The first-order valence-corrected chi connectivity index (χ1v) is 10.9. The number of anilines is 1. The lowest BCUT2D eigenvalue weighted by molar-refractivity contribution is 0.380. The Kier molecular flexibility index (Phi) is 3.48. The third-order valence-corrected chi connectivity index (χ3v) is 8.20. The molecule has 0 bridgehead atoms. The number of thiophene rings is 1. The maximum absolute atomic E-state index is 13.2. The van der Waals surface area contributed by atoms with Gasteiger partial charge < -0.3 is 4.52 Å². The Morgan fingerprint density at radius 1 is 1.27 bits per heavy atom. The predicted molar refractivity (Wildman–Crippen MR) is 98.9 cm³/mol. The number of aromatic nitrogens is 2. The standard InChI is InChI=1S/C18H17N3O3S2/c1-11-8-13-4-2-3-5-15(13)21(11)26(22,23)16-9-14(10-25-16)17-19-18(24-20-17)12-6-7-12/h2-5,9-12H,6-8H2,1H3/t11-/m0/s1. The average Bonchev–Trinajstić information content (AvgIpc) is 3.05. The van der Waals surface area contributed by atoms with Crippen LogP contribution in [0.3, 0.4) is 0 Å². The number of benzene rings is 1. The molecule has 0 N–H and O–H groups in total. The molecule has 0 spiro atoms. The quantitative estimate of drug-likeness (QED) is 0.680. The Balaban J connectivity index is 1.50. The molecule has 0 saturated heterocycles. The fourth-order valence-electron chi connectivity index (χ4n) is 3.42. The summed E-state index contributed by atoms with van der Waals surface area (Å²) in [6, 6.07) is 9.21. The van der Waals surface area contributed by atoms with Crippen molar-refractivity contribution in [1.29, 1.82) is 0 Å². The third kappa shape index (κ3) is 2.47. The van der Waals surface area contributed by atoms with E-state index >= 15 is 0 Å². The van der Waals surface area contributed by atoms with Crippen molar-refractivity contribution in [3.8, 4) is 11.4 Å². The minimum atomic E-state index is -3.62. The van der Waals surface area contributed by atoms with E-state index in [2.05, 4.69) is 10.1 Å². The van der Waals surface area contributed by atoms with Crippen molar-refractivity contribution in [1.82, 2.24) is 10.1 Å². The maximum Gasteiger partial charge on any atom is 0.274 e. The van der Waals surface area contributed by atoms with Crippen LogP contribution in [0.5, 0.6) is 0 Å². The Morgan fingerprint density at radius 2 is 2.08 bits per heavy atom. The van der Waals surface area contributed by atoms with Crippen LogP contribution < -0.4 is 4.31 Å². The molecule has 1 fully saturated rings. The number of nitrogens with zero attached hydrogens (tertiary/aromatic N) is 3. The van der Waals surface area contributed by atoms with Gasteiger partial charge in [0.25, 0.3) is 10.0 Å². The minimum Gasteiger partial charge on any atom is -0.339 e. The fourth-order valence-corrected chi connectivity index (χ4v) is 6.36. The van der Waals surface area contributed by atoms with Gasteiger partial charge in [0.15, 0.2) is 0 Å². The number of hydrogen-bond donors (Lipinski definition) is 0. The highest BCUT2D eigenvalue weighted by atomic mass is 32.2. The van der Waals surface area contributed by atoms with Gasteiger partial charge in [-0.25, -0.2) is 8.42 Å². The second-order valence-electron chi connectivity index (χ2n) is 6.87. The highest BCUT2D eigenvalue weighted by Crippen LogP contribution is 2.41. The lowest BCUT2D eigenvalue weighted by Gasteiger charge is -2.23. The van der Waals surface area contributed by atoms with E-state index in [1.165, 1.54) is 15.6 Å². The SMILES string of the molecule is C[C@H]1Cc2ccccc2N1S(=O)(=O)c1cc(-c2noc(C3CC3)n2)cs1. The predicted octanol–water partition coefficient (Wildman–Crippen LogP) is 3.82. The lowest BCUT2D eigenvalue weighted by Crippen LogP contribution is -2.35. The molecular weight excluding hydrogens is 370 g/mol. The van der Waals surface area contributed by atoms with Crippen molar-refractivity contribution in [2.45, 2.75) is 42.4 Å². The van der Waals surface area contributed by atoms with E-state index in [0.717, 1.165) is 30.5 Å². The van der Waals surface area contributed by atoms with Gasteiger partial charge in [0.1, 0.15) is 4.21 Å². The summed E-state index contributed by atoms with van der Waals surface area (Å²) in [4.78, 5) is 4.41. The van der Waals surface area contributed by atoms with E-state index in [-0.39, 0.29) is 6.04 Å². The molecule has 6 nitrogen and oxygen atoms in total. The molecule has 3 heterocycles. The summed E-state index contributed by atoms with van der Waals surface area (Å²) in [5, 5.41) is 5.78. The van der Waals surface area contributed by atoms with Crippen molar-refractivity contribution < 1.29 is 12.9 Å². The van der Waals surface area contributed by atoms with E-state index in [1.807, 2.05) is 31.2 Å². The first kappa shape index (κ1) is 16.0. The summed E-state index contributed by atoms with van der Waals surface area (Å²) >= 11 is 1.20. The van der Waals surface area contributed by atoms with Crippen molar-refractivity contribution in [2.24, 2.45) is 0 Å². The normalized spacial score (nSPS) is 19.7. The summed E-state index contributed by atoms with van der Waals surface area (Å²) in [5.74, 6) is 1.48. The molecule has 26 heavy (non-hydrogen) atoms. The Hall–Kier alpha value is -2.19. The summed E-state index contributed by atoms with van der Waals surface area (Å²) in [6.45, 7) is 1.94. The van der Waals surface area contributed by atoms with Crippen LogP contribution in [0, 0.1) is 0 Å². The zero-order valence-corrected chi connectivity index (χ0v) is 15.8. The number of fused-ring (bicyclic) bond motifs is 1. The molecule has 1 aliphatic heterocycles. The zero-order chi connectivity index (χ0) is 17.9. The molecule has 1 aromatic carbocycles. The van der Waals surface area contributed by atoms with Gasteiger partial charge in [0, 0.05) is 22.9 Å². The number of para-hydroxylation sites is 1. The van der Waals surface area contributed by atoms with Gasteiger partial charge in [-0.2, -0.15) is 4.98 Å². The molecule has 0 unspecified atom stereocenters. The highest BCUT2D eigenvalue weighted by Gasteiger charge is 2.37. The second kappa shape index (κ2) is 5.65. The molecule has 3 aromatic rings. The van der Waals surface area contributed by atoms with Gasteiger partial charge in [-0.1, -0.05) is 23.4 Å². The molecule has 5 rings (SSSR count). The molecule has 2 aliphatic rings. The van der Waals surface area contributed by atoms with Crippen molar-refractivity contribution >= 4 is 27.0 Å². The van der Waals surface area contributed by atoms with E-state index in [1.54, 1.807) is 11.4 Å². The molecule has 0 amide bonds. The summed E-state index contributed by atoms with van der Waals surface area (Å²) in [5.41, 5.74) is 2.52. The summed E-state index contributed by atoms with van der Waals surface area (Å²) in [6.07, 6.45) is 2.89. The van der Waals surface area contributed by atoms with Gasteiger partial charge in [0.2, 0.25) is 11.7 Å². The first-order valence-electron chi connectivity index (χ1n) is 8.59. The topological polar surface area (TPSA) is 76.3 Å². The smallest absolute Gasteiger partial charge is 0.274 e. The van der Waals surface area contributed by atoms with Crippen LogP contribution in [0.25, 0.3) is 11.4 Å². The molecular formula is C18H17N3O3S2. The summed E-state index contributed by atoms with van der Waals surface area (Å²) < 4.78 is 33.6. The average molecular weight is 387 g/mol. The minimum absolute atomic E-state index is 0.102. The Bertz CT molecular complexity index is 1080. The van der Waals surface area contributed by atoms with Crippen LogP contribution in [-0.2, 0) is 16.4 Å². The molecule has 2 aromatic heterocycles. The van der Waals surface area contributed by atoms with Gasteiger partial charge in [-0.15, -0.1) is 11.3 Å². The molecule has 1 saturated carbocycles. The first-order chi connectivity index (χ1) is 12.5. The second-order valence-corrected chi connectivity index (χ2v) is 9.82. The number of sulfonamides is 1. The van der Waals surface area contributed by atoms with Gasteiger partial charge in [-0.3, -0.25) is 4.31 Å².